The summed E-state index contributed by atoms with van der Waals surface area (Å²) in [5.41, 5.74) is 2.10. The van der Waals surface area contributed by atoms with Crippen LogP contribution in [-0.2, 0) is 24.3 Å². The molecule has 1 aromatic carbocycles. The number of benzene rings is 1. The summed E-state index contributed by atoms with van der Waals surface area (Å²) in [6.07, 6.45) is 0.924. The van der Waals surface area contributed by atoms with Gasteiger partial charge in [0.2, 0.25) is 5.91 Å². The molecule has 1 aromatic heterocycles. The smallest absolute Gasteiger partial charge is 0.242 e. The molecule has 0 spiro atoms. The van der Waals surface area contributed by atoms with Crippen LogP contribution in [0.4, 0.5) is 4.39 Å². The van der Waals surface area contributed by atoms with Crippen LogP contribution in [0.5, 0.6) is 0 Å². The molecule has 0 saturated carbocycles. The Morgan fingerprint density at radius 2 is 2.27 bits per heavy atom. The number of carbonyl (C=O) groups is 1. The molecule has 2 heterocycles. The topological polar surface area (TPSA) is 47.9 Å². The lowest BCUT2D eigenvalue weighted by Crippen LogP contribution is -2.46. The van der Waals surface area contributed by atoms with Crippen LogP contribution in [0.1, 0.15) is 16.0 Å². The van der Waals surface area contributed by atoms with Gasteiger partial charge in [-0.3, -0.25) is 9.79 Å². The molecule has 1 aliphatic rings. The fraction of sp³-hybridized carbons (Fsp3) is 0.368. The average Bonchev–Trinajstić information content (AvgIpc) is 3.09. The van der Waals surface area contributed by atoms with E-state index in [0.29, 0.717) is 19.0 Å². The van der Waals surface area contributed by atoms with Gasteiger partial charge >= 0.3 is 0 Å². The maximum absolute atomic E-state index is 13.3. The molecule has 26 heavy (non-hydrogen) atoms. The first-order chi connectivity index (χ1) is 12.6. The minimum Gasteiger partial charge on any atom is -0.347 e. The Labute approximate surface area is 157 Å². The number of amides is 1. The average molecular weight is 374 g/mol. The van der Waals surface area contributed by atoms with Crippen LogP contribution in [0.25, 0.3) is 0 Å². The van der Waals surface area contributed by atoms with E-state index in [9.17, 15) is 9.18 Å². The minimum atomic E-state index is -0.257. The van der Waals surface area contributed by atoms with Gasteiger partial charge in [0, 0.05) is 38.6 Å². The van der Waals surface area contributed by atoms with Crippen molar-refractivity contribution in [2.75, 3.05) is 27.2 Å². The van der Waals surface area contributed by atoms with Gasteiger partial charge in [0.05, 0.1) is 6.54 Å². The second-order valence-electron chi connectivity index (χ2n) is 6.32. The van der Waals surface area contributed by atoms with Gasteiger partial charge in [0.25, 0.3) is 0 Å². The van der Waals surface area contributed by atoms with Gasteiger partial charge in [-0.1, -0.05) is 12.1 Å². The Morgan fingerprint density at radius 1 is 1.42 bits per heavy atom. The van der Waals surface area contributed by atoms with Crippen LogP contribution >= 0.6 is 11.3 Å². The SMILES string of the molecule is CN=C(NCC(=O)N1CCc2sccc2C1)N(C)Cc1cccc(F)c1. The van der Waals surface area contributed by atoms with E-state index in [4.69, 9.17) is 0 Å². The van der Waals surface area contributed by atoms with Crippen molar-refractivity contribution < 1.29 is 9.18 Å². The molecule has 2 aromatic rings. The summed E-state index contributed by atoms with van der Waals surface area (Å²) in [6.45, 7) is 2.13. The standard InChI is InChI=1S/C19H23FN4OS/c1-21-19(23(2)12-14-4-3-5-16(20)10-14)22-11-18(25)24-8-6-17-15(13-24)7-9-26-17/h3-5,7,9-10H,6,8,11-13H2,1-2H3,(H,21,22). The number of carbonyl (C=O) groups excluding carboxylic acids is 1. The van der Waals surface area contributed by atoms with Gasteiger partial charge in [-0.05, 0) is 41.1 Å². The molecule has 0 bridgehead atoms. The lowest BCUT2D eigenvalue weighted by Gasteiger charge is -2.28. The Hall–Kier alpha value is -2.41. The fourth-order valence-corrected chi connectivity index (χ4v) is 3.99. The summed E-state index contributed by atoms with van der Waals surface area (Å²) in [6, 6.07) is 8.57. The fourth-order valence-electron chi connectivity index (χ4n) is 3.10. The van der Waals surface area contributed by atoms with Crippen LogP contribution in [0.15, 0.2) is 40.7 Å². The number of guanidine groups is 1. The number of hydrogen-bond acceptors (Lipinski definition) is 3. The highest BCUT2D eigenvalue weighted by Gasteiger charge is 2.21. The Bertz CT molecular complexity index is 804. The molecule has 138 valence electrons. The summed E-state index contributed by atoms with van der Waals surface area (Å²) < 4.78 is 13.3. The van der Waals surface area contributed by atoms with E-state index >= 15 is 0 Å². The van der Waals surface area contributed by atoms with Crippen molar-refractivity contribution in [2.24, 2.45) is 4.99 Å². The Kier molecular flexibility index (Phi) is 5.88. The van der Waals surface area contributed by atoms with Crippen molar-refractivity contribution in [1.82, 2.24) is 15.1 Å². The molecule has 0 radical (unpaired) electrons. The number of thiophene rings is 1. The van der Waals surface area contributed by atoms with Crippen LogP contribution in [0, 0.1) is 5.82 Å². The second kappa shape index (κ2) is 8.31. The van der Waals surface area contributed by atoms with Gasteiger partial charge in [-0.2, -0.15) is 0 Å². The van der Waals surface area contributed by atoms with Crippen molar-refractivity contribution >= 4 is 23.2 Å². The third-order valence-corrected chi connectivity index (χ3v) is 5.46. The molecule has 1 aliphatic heterocycles. The Morgan fingerprint density at radius 3 is 3.04 bits per heavy atom. The van der Waals surface area contributed by atoms with Crippen LogP contribution in [0.3, 0.4) is 0 Å². The highest BCUT2D eigenvalue weighted by atomic mass is 32.1. The minimum absolute atomic E-state index is 0.0576. The van der Waals surface area contributed by atoms with Crippen molar-refractivity contribution in [3.8, 4) is 0 Å². The van der Waals surface area contributed by atoms with Crippen molar-refractivity contribution in [1.29, 1.82) is 0 Å². The zero-order chi connectivity index (χ0) is 18.5. The predicted molar refractivity (Wildman–Crippen MR) is 103 cm³/mol. The summed E-state index contributed by atoms with van der Waals surface area (Å²) in [5, 5.41) is 5.20. The molecule has 7 heteroatoms. The molecule has 0 aliphatic carbocycles. The number of nitrogens with one attached hydrogen (secondary N) is 1. The molecule has 1 amide bonds. The van der Waals surface area contributed by atoms with E-state index in [0.717, 1.165) is 18.5 Å². The molecule has 0 unspecified atom stereocenters. The predicted octanol–water partition coefficient (Wildman–Crippen LogP) is 2.48. The number of aliphatic imine (C=N–C) groups is 1. The quantitative estimate of drug-likeness (QED) is 0.661. The van der Waals surface area contributed by atoms with Crippen molar-refractivity contribution in [3.05, 3.63) is 57.5 Å². The molecular formula is C19H23FN4OS. The first-order valence-electron chi connectivity index (χ1n) is 8.56. The van der Waals surface area contributed by atoms with Crippen LogP contribution in [-0.4, -0.2) is 48.9 Å². The van der Waals surface area contributed by atoms with Crippen molar-refractivity contribution in [2.45, 2.75) is 19.5 Å². The van der Waals surface area contributed by atoms with E-state index in [1.165, 1.54) is 22.6 Å². The largest absolute Gasteiger partial charge is 0.347 e. The molecule has 1 N–H and O–H groups in total. The molecule has 0 atom stereocenters. The maximum atomic E-state index is 13.3. The maximum Gasteiger partial charge on any atom is 0.242 e. The molecule has 3 rings (SSSR count). The van der Waals surface area contributed by atoms with Gasteiger partial charge in [-0.15, -0.1) is 11.3 Å². The molecular weight excluding hydrogens is 351 g/mol. The summed E-state index contributed by atoms with van der Waals surface area (Å²) in [5.74, 6) is 0.407. The van der Waals surface area contributed by atoms with Gasteiger partial charge in [-0.25, -0.2) is 4.39 Å². The summed E-state index contributed by atoms with van der Waals surface area (Å²) >= 11 is 1.76. The summed E-state index contributed by atoms with van der Waals surface area (Å²) in [4.78, 5) is 21.9. The monoisotopic (exact) mass is 374 g/mol. The van der Waals surface area contributed by atoms with Crippen LogP contribution in [0.2, 0.25) is 0 Å². The number of rotatable bonds is 4. The third kappa shape index (κ3) is 4.40. The van der Waals surface area contributed by atoms with E-state index in [2.05, 4.69) is 21.8 Å². The molecule has 0 fully saturated rings. The third-order valence-electron chi connectivity index (χ3n) is 4.44. The highest BCUT2D eigenvalue weighted by molar-refractivity contribution is 7.10. The first-order valence-corrected chi connectivity index (χ1v) is 9.44. The van der Waals surface area contributed by atoms with E-state index in [1.54, 1.807) is 24.5 Å². The molecule has 0 saturated heterocycles. The lowest BCUT2D eigenvalue weighted by molar-refractivity contribution is -0.130. The molecule has 5 nitrogen and oxygen atoms in total. The first kappa shape index (κ1) is 18.4. The zero-order valence-corrected chi connectivity index (χ0v) is 15.9. The zero-order valence-electron chi connectivity index (χ0n) is 15.0. The number of halogens is 1. The van der Waals surface area contributed by atoms with Gasteiger partial charge < -0.3 is 15.1 Å². The second-order valence-corrected chi connectivity index (χ2v) is 7.32. The van der Waals surface area contributed by atoms with Crippen molar-refractivity contribution in [3.63, 3.8) is 0 Å². The van der Waals surface area contributed by atoms with E-state index in [-0.39, 0.29) is 18.3 Å². The van der Waals surface area contributed by atoms with E-state index < -0.39 is 0 Å². The Balaban J connectivity index is 1.53. The number of hydrogen-bond donors (Lipinski definition) is 1. The van der Waals surface area contributed by atoms with Crippen LogP contribution < -0.4 is 5.32 Å². The lowest BCUT2D eigenvalue weighted by atomic mass is 10.1. The normalized spacial score (nSPS) is 14.1. The van der Waals surface area contributed by atoms with Gasteiger partial charge in [0.15, 0.2) is 5.96 Å². The number of nitrogens with zero attached hydrogens (tertiary/aromatic N) is 3. The number of fused-ring (bicyclic) bond motifs is 1. The summed E-state index contributed by atoms with van der Waals surface area (Å²) in [7, 11) is 3.54. The highest BCUT2D eigenvalue weighted by Crippen LogP contribution is 2.23. The van der Waals surface area contributed by atoms with E-state index in [1.807, 2.05) is 22.9 Å². The van der Waals surface area contributed by atoms with Gasteiger partial charge in [0.1, 0.15) is 5.82 Å².